The lowest BCUT2D eigenvalue weighted by molar-refractivity contribution is 0.0415. The number of benzene rings is 1. The van der Waals surface area contributed by atoms with Gasteiger partial charge in [0.2, 0.25) is 5.90 Å². The van der Waals surface area contributed by atoms with E-state index in [1.54, 1.807) is 37.3 Å². The number of nitrogens with one attached hydrogen (secondary N) is 3. The van der Waals surface area contributed by atoms with Gasteiger partial charge in [-0.05, 0) is 26.3 Å². The highest BCUT2D eigenvalue weighted by molar-refractivity contribution is 5.99. The zero-order valence-electron chi connectivity index (χ0n) is 16.9. The Morgan fingerprint density at radius 2 is 1.97 bits per heavy atom. The van der Waals surface area contributed by atoms with E-state index in [0.29, 0.717) is 5.56 Å². The fourth-order valence-corrected chi connectivity index (χ4v) is 2.87. The van der Waals surface area contributed by atoms with Crippen molar-refractivity contribution in [3.05, 3.63) is 53.2 Å². The molecule has 0 unspecified atom stereocenters. The number of hydrogen-bond donors (Lipinski definition) is 5. The van der Waals surface area contributed by atoms with Crippen LogP contribution in [0.1, 0.15) is 50.1 Å². The molecule has 2 aromatic rings. The highest BCUT2D eigenvalue weighted by Gasteiger charge is 2.30. The van der Waals surface area contributed by atoms with E-state index in [4.69, 9.17) is 15.9 Å². The molecule has 10 heteroatoms. The van der Waals surface area contributed by atoms with Crippen molar-refractivity contribution < 1.29 is 23.4 Å². The predicted octanol–water partition coefficient (Wildman–Crippen LogP) is 3.60. The van der Waals surface area contributed by atoms with Crippen LogP contribution in [0.25, 0.3) is 0 Å². The van der Waals surface area contributed by atoms with Crippen LogP contribution >= 0.6 is 0 Å². The van der Waals surface area contributed by atoms with Gasteiger partial charge in [0, 0.05) is 11.8 Å². The molecule has 0 saturated carbocycles. The molecule has 0 saturated heterocycles. The maximum absolute atomic E-state index is 13.5. The number of rotatable bonds is 7. The van der Waals surface area contributed by atoms with Crippen LogP contribution in [-0.4, -0.2) is 34.2 Å². The van der Waals surface area contributed by atoms with Gasteiger partial charge in [0.1, 0.15) is 11.5 Å². The lowest BCUT2D eigenvalue weighted by Gasteiger charge is -2.30. The number of carbonyl (C=O) groups excluding carboxylic acids is 1. The smallest absolute Gasteiger partial charge is 0.320 e. The molecule has 2 rings (SSSR count). The second-order valence-corrected chi connectivity index (χ2v) is 7.02. The summed E-state index contributed by atoms with van der Waals surface area (Å²) in [5.41, 5.74) is 3.89. The Labute approximate surface area is 173 Å². The van der Waals surface area contributed by atoms with Crippen molar-refractivity contribution in [1.29, 1.82) is 5.41 Å². The van der Waals surface area contributed by atoms with Gasteiger partial charge in [-0.3, -0.25) is 10.7 Å². The molecule has 1 atom stereocenters. The molecule has 0 fully saturated rings. The normalized spacial score (nSPS) is 12.4. The molecule has 30 heavy (non-hydrogen) atoms. The minimum Gasteiger partial charge on any atom is -0.478 e. The molecule has 0 aliphatic heterocycles. The molecule has 0 aliphatic rings. The summed E-state index contributed by atoms with van der Waals surface area (Å²) in [6.45, 7) is 4.77. The van der Waals surface area contributed by atoms with Crippen molar-refractivity contribution in [2.75, 3.05) is 17.7 Å². The average Bonchev–Trinajstić information content (AvgIpc) is 2.65. The number of nitrogens with zero attached hydrogens (tertiary/aromatic N) is 1. The SMILES string of the molecule is CCOC(=N)c1c(N)cc(NC(=O)N[C@@H](c2ccccc2)C(C)(C)O)nc1C(F)F. The van der Waals surface area contributed by atoms with Gasteiger partial charge >= 0.3 is 6.03 Å². The largest absolute Gasteiger partial charge is 0.478 e. The van der Waals surface area contributed by atoms with Gasteiger partial charge in [0.15, 0.2) is 0 Å². The number of carbonyl (C=O) groups is 1. The van der Waals surface area contributed by atoms with Crippen LogP contribution in [0.4, 0.5) is 25.1 Å². The standard InChI is InChI=1S/C20H25F2N5O3/c1-4-30-18(24)14-12(23)10-13(25-15(14)17(21)22)26-19(28)27-16(20(2,3)29)11-8-6-5-7-9-11/h5-10,16-17,24,29H,4H2,1-3H3,(H4,23,25,26,27,28)/t16-/m0/s1. The van der Waals surface area contributed by atoms with Gasteiger partial charge in [0.25, 0.3) is 6.43 Å². The van der Waals surface area contributed by atoms with Crippen molar-refractivity contribution in [3.63, 3.8) is 0 Å². The summed E-state index contributed by atoms with van der Waals surface area (Å²) < 4.78 is 31.9. The van der Waals surface area contributed by atoms with Gasteiger partial charge in [-0.25, -0.2) is 18.6 Å². The summed E-state index contributed by atoms with van der Waals surface area (Å²) in [5.74, 6) is -0.754. The number of nitrogen functional groups attached to an aromatic ring is 1. The maximum atomic E-state index is 13.5. The molecule has 2 amide bonds. The predicted molar refractivity (Wildman–Crippen MR) is 110 cm³/mol. The first-order chi connectivity index (χ1) is 14.0. The number of alkyl halides is 2. The molecule has 0 radical (unpaired) electrons. The van der Waals surface area contributed by atoms with Gasteiger partial charge < -0.3 is 20.9 Å². The molecule has 0 aliphatic carbocycles. The number of anilines is 2. The van der Waals surface area contributed by atoms with E-state index in [2.05, 4.69) is 15.6 Å². The third-order valence-corrected chi connectivity index (χ3v) is 4.16. The molecule has 8 nitrogen and oxygen atoms in total. The van der Waals surface area contributed by atoms with Crippen molar-refractivity contribution in [2.45, 2.75) is 38.8 Å². The van der Waals surface area contributed by atoms with Crippen molar-refractivity contribution in [3.8, 4) is 0 Å². The molecular formula is C20H25F2N5O3. The van der Waals surface area contributed by atoms with Crippen LogP contribution in [-0.2, 0) is 4.74 Å². The Balaban J connectivity index is 2.28. The number of halogens is 2. The third kappa shape index (κ3) is 5.63. The lowest BCUT2D eigenvalue weighted by atomic mass is 9.92. The van der Waals surface area contributed by atoms with E-state index in [1.165, 1.54) is 13.8 Å². The molecule has 0 spiro atoms. The minimum atomic E-state index is -3.04. The van der Waals surface area contributed by atoms with Crippen molar-refractivity contribution >= 4 is 23.4 Å². The van der Waals surface area contributed by atoms with E-state index < -0.39 is 35.7 Å². The highest BCUT2D eigenvalue weighted by atomic mass is 19.3. The van der Waals surface area contributed by atoms with E-state index in [-0.39, 0.29) is 23.7 Å². The molecule has 0 bridgehead atoms. The van der Waals surface area contributed by atoms with E-state index in [9.17, 15) is 18.7 Å². The number of amides is 2. The van der Waals surface area contributed by atoms with Gasteiger partial charge in [0.05, 0.1) is 23.8 Å². The summed E-state index contributed by atoms with van der Waals surface area (Å²) in [6, 6.07) is 8.40. The first kappa shape index (κ1) is 23.0. The molecular weight excluding hydrogens is 396 g/mol. The Morgan fingerprint density at radius 3 is 2.50 bits per heavy atom. The number of aliphatic hydroxyl groups is 1. The highest BCUT2D eigenvalue weighted by Crippen LogP contribution is 2.29. The monoisotopic (exact) mass is 421 g/mol. The maximum Gasteiger partial charge on any atom is 0.320 e. The molecule has 162 valence electrons. The Bertz CT molecular complexity index is 901. The van der Waals surface area contributed by atoms with Crippen LogP contribution in [0.5, 0.6) is 0 Å². The Morgan fingerprint density at radius 1 is 1.33 bits per heavy atom. The summed E-state index contributed by atoms with van der Waals surface area (Å²) in [5, 5.41) is 23.2. The number of ether oxygens (including phenoxy) is 1. The van der Waals surface area contributed by atoms with Crippen LogP contribution in [0.3, 0.4) is 0 Å². The van der Waals surface area contributed by atoms with Gasteiger partial charge in [-0.2, -0.15) is 0 Å². The molecule has 1 aromatic heterocycles. The first-order valence-electron chi connectivity index (χ1n) is 9.19. The third-order valence-electron chi connectivity index (χ3n) is 4.16. The van der Waals surface area contributed by atoms with Gasteiger partial charge in [-0.1, -0.05) is 30.3 Å². The number of urea groups is 1. The summed E-state index contributed by atoms with van der Waals surface area (Å²) in [4.78, 5) is 16.2. The second kappa shape index (κ2) is 9.49. The van der Waals surface area contributed by atoms with E-state index >= 15 is 0 Å². The van der Waals surface area contributed by atoms with Crippen LogP contribution in [0, 0.1) is 5.41 Å². The topological polar surface area (TPSA) is 133 Å². The van der Waals surface area contributed by atoms with E-state index in [1.807, 2.05) is 0 Å². The number of aromatic nitrogens is 1. The van der Waals surface area contributed by atoms with E-state index in [0.717, 1.165) is 6.07 Å². The lowest BCUT2D eigenvalue weighted by Crippen LogP contribution is -2.44. The van der Waals surface area contributed by atoms with Gasteiger partial charge in [-0.15, -0.1) is 0 Å². The summed E-state index contributed by atoms with van der Waals surface area (Å²) in [6.07, 6.45) is -3.04. The molecule has 1 heterocycles. The summed E-state index contributed by atoms with van der Waals surface area (Å²) in [7, 11) is 0. The van der Waals surface area contributed by atoms with Crippen LogP contribution < -0.4 is 16.4 Å². The molecule has 1 aromatic carbocycles. The first-order valence-corrected chi connectivity index (χ1v) is 9.19. The fourth-order valence-electron chi connectivity index (χ4n) is 2.87. The van der Waals surface area contributed by atoms with Crippen LogP contribution in [0.2, 0.25) is 0 Å². The number of pyridine rings is 1. The zero-order valence-corrected chi connectivity index (χ0v) is 16.9. The van der Waals surface area contributed by atoms with Crippen molar-refractivity contribution in [2.24, 2.45) is 0 Å². The molecule has 6 N–H and O–H groups in total. The number of nitrogens with two attached hydrogens (primary N) is 1. The minimum absolute atomic E-state index is 0.0984. The fraction of sp³-hybridized carbons (Fsp3) is 0.350. The Hall–Kier alpha value is -3.27. The zero-order chi connectivity index (χ0) is 22.5. The quantitative estimate of drug-likeness (QED) is 0.344. The number of hydrogen-bond acceptors (Lipinski definition) is 6. The van der Waals surface area contributed by atoms with Crippen molar-refractivity contribution in [1.82, 2.24) is 10.3 Å². The Kier molecular flexibility index (Phi) is 7.28. The second-order valence-electron chi connectivity index (χ2n) is 7.02. The average molecular weight is 421 g/mol. The summed E-state index contributed by atoms with van der Waals surface area (Å²) >= 11 is 0. The van der Waals surface area contributed by atoms with Crippen LogP contribution in [0.15, 0.2) is 36.4 Å².